The number of benzene rings is 2. The number of hydrogen-bond acceptors (Lipinski definition) is 7. The van der Waals surface area contributed by atoms with Crippen LogP contribution in [0.3, 0.4) is 0 Å². The predicted octanol–water partition coefficient (Wildman–Crippen LogP) is 2.61. The molecule has 4 unspecified atom stereocenters. The van der Waals surface area contributed by atoms with Crippen molar-refractivity contribution < 1.29 is 33.2 Å². The third kappa shape index (κ3) is 3.10. The van der Waals surface area contributed by atoms with Gasteiger partial charge in [-0.05, 0) is 53.3 Å². The summed E-state index contributed by atoms with van der Waals surface area (Å²) >= 11 is 0. The summed E-state index contributed by atoms with van der Waals surface area (Å²) in [6.07, 6.45) is 0.764. The van der Waals surface area contributed by atoms with Crippen LogP contribution >= 0.6 is 0 Å². The number of esters is 1. The molecule has 2 aliphatic heterocycles. The van der Waals surface area contributed by atoms with Gasteiger partial charge >= 0.3 is 5.97 Å². The van der Waals surface area contributed by atoms with Gasteiger partial charge in [0.2, 0.25) is 12.5 Å². The standard InChI is InChI=1S/C25H30O7Si/c1-13-17-9-19-18(31-12-32-19)6-14(17)5-15-10-30-24(26)22(15)25(13,11-33)16-7-20(27-2)23(29-4)21(8-16)28-3/h6-9,13,15,22H,5,10-12H2,1-4,33H3. The van der Waals surface area contributed by atoms with E-state index in [0.717, 1.165) is 39.8 Å². The van der Waals surface area contributed by atoms with E-state index in [1.54, 1.807) is 21.3 Å². The molecule has 1 aliphatic carbocycles. The zero-order valence-electron chi connectivity index (χ0n) is 19.7. The second kappa shape index (κ2) is 8.16. The maximum Gasteiger partial charge on any atom is 0.310 e. The fraction of sp³-hybridized carbons (Fsp3) is 0.480. The average molecular weight is 471 g/mol. The van der Waals surface area contributed by atoms with Crippen molar-refractivity contribution in [3.05, 3.63) is 41.0 Å². The summed E-state index contributed by atoms with van der Waals surface area (Å²) in [6, 6.07) is 9.09. The van der Waals surface area contributed by atoms with Crippen LogP contribution in [-0.2, 0) is 21.4 Å². The normalized spacial score (nSPS) is 27.4. The average Bonchev–Trinajstić information content (AvgIpc) is 3.42. The van der Waals surface area contributed by atoms with E-state index in [2.05, 4.69) is 19.1 Å². The molecule has 0 amide bonds. The Morgan fingerprint density at radius 2 is 1.67 bits per heavy atom. The molecule has 0 aromatic heterocycles. The lowest BCUT2D eigenvalue weighted by Crippen LogP contribution is -2.44. The van der Waals surface area contributed by atoms with E-state index in [4.69, 9.17) is 28.4 Å². The predicted molar refractivity (Wildman–Crippen MR) is 125 cm³/mol. The monoisotopic (exact) mass is 470 g/mol. The Balaban J connectivity index is 1.78. The van der Waals surface area contributed by atoms with E-state index in [-0.39, 0.29) is 30.5 Å². The van der Waals surface area contributed by atoms with Crippen molar-refractivity contribution >= 4 is 16.2 Å². The minimum Gasteiger partial charge on any atom is -0.493 e. The Labute approximate surface area is 196 Å². The molecule has 33 heavy (non-hydrogen) atoms. The Kier molecular flexibility index (Phi) is 5.43. The molecule has 0 bridgehead atoms. The van der Waals surface area contributed by atoms with Gasteiger partial charge in [-0.15, -0.1) is 0 Å². The second-order valence-electron chi connectivity index (χ2n) is 9.01. The third-order valence-electron chi connectivity index (χ3n) is 7.86. The molecule has 176 valence electrons. The zero-order valence-corrected chi connectivity index (χ0v) is 21.7. The quantitative estimate of drug-likeness (QED) is 0.491. The molecular formula is C25H30O7Si. The molecule has 0 radical (unpaired) electrons. The summed E-state index contributed by atoms with van der Waals surface area (Å²) in [5.41, 5.74) is 2.94. The minimum atomic E-state index is -0.476. The first-order valence-electron chi connectivity index (χ1n) is 11.4. The first-order chi connectivity index (χ1) is 16.0. The Morgan fingerprint density at radius 3 is 2.27 bits per heavy atom. The maximum atomic E-state index is 13.3. The first kappa shape index (κ1) is 21.9. The van der Waals surface area contributed by atoms with Gasteiger partial charge in [-0.2, -0.15) is 0 Å². The van der Waals surface area contributed by atoms with Crippen LogP contribution in [0.1, 0.15) is 29.5 Å². The molecule has 2 aromatic carbocycles. The van der Waals surface area contributed by atoms with Crippen molar-refractivity contribution in [2.24, 2.45) is 11.8 Å². The van der Waals surface area contributed by atoms with E-state index in [9.17, 15) is 4.79 Å². The lowest BCUT2D eigenvalue weighted by molar-refractivity contribution is -0.143. The largest absolute Gasteiger partial charge is 0.493 e. The summed E-state index contributed by atoms with van der Waals surface area (Å²) in [4.78, 5) is 13.3. The Morgan fingerprint density at radius 1 is 1.00 bits per heavy atom. The number of cyclic esters (lactones) is 1. The molecule has 5 rings (SSSR count). The lowest BCUT2D eigenvalue weighted by atomic mass is 9.60. The number of rotatable bonds is 5. The van der Waals surface area contributed by atoms with Crippen LogP contribution in [-0.4, -0.2) is 50.9 Å². The van der Waals surface area contributed by atoms with Crippen LogP contribution in [0.15, 0.2) is 24.3 Å². The van der Waals surface area contributed by atoms with Gasteiger partial charge < -0.3 is 28.4 Å². The SMILES string of the molecule is COc1cc(C2(C[SiH3])C(C)c3cc4c(cc3CC3COC(=O)C32)OCO4)cc(OC)c1OC. The molecule has 1 saturated heterocycles. The number of carbonyl (C=O) groups excluding carboxylic acids is 1. The molecule has 4 atom stereocenters. The lowest BCUT2D eigenvalue weighted by Gasteiger charge is -2.43. The molecule has 0 N–H and O–H groups in total. The Bertz CT molecular complexity index is 1080. The Hall–Kier alpha value is -2.87. The van der Waals surface area contributed by atoms with E-state index >= 15 is 0 Å². The molecule has 7 nitrogen and oxygen atoms in total. The first-order valence-corrected chi connectivity index (χ1v) is 12.8. The number of hydrogen-bond donors (Lipinski definition) is 0. The highest BCUT2D eigenvalue weighted by Crippen LogP contribution is 2.58. The van der Waals surface area contributed by atoms with Gasteiger partial charge in [-0.25, -0.2) is 0 Å². The topological polar surface area (TPSA) is 72.5 Å². The molecule has 8 heteroatoms. The fourth-order valence-electron chi connectivity index (χ4n) is 6.29. The van der Waals surface area contributed by atoms with Crippen molar-refractivity contribution in [2.45, 2.75) is 30.7 Å². The summed E-state index contributed by atoms with van der Waals surface area (Å²) in [5.74, 6) is 2.98. The van der Waals surface area contributed by atoms with Gasteiger partial charge in [-0.1, -0.05) is 13.0 Å². The molecule has 0 spiro atoms. The van der Waals surface area contributed by atoms with Crippen molar-refractivity contribution in [3.63, 3.8) is 0 Å². The van der Waals surface area contributed by atoms with E-state index in [1.165, 1.54) is 11.1 Å². The van der Waals surface area contributed by atoms with Gasteiger partial charge in [-0.3, -0.25) is 4.79 Å². The fourth-order valence-corrected chi connectivity index (χ4v) is 7.75. The minimum absolute atomic E-state index is 0.0305. The van der Waals surface area contributed by atoms with Crippen molar-refractivity contribution in [2.75, 3.05) is 34.7 Å². The van der Waals surface area contributed by atoms with Crippen LogP contribution in [0.25, 0.3) is 0 Å². The van der Waals surface area contributed by atoms with E-state index < -0.39 is 5.41 Å². The summed E-state index contributed by atoms with van der Waals surface area (Å²) in [7, 11) is 5.74. The molecule has 3 aliphatic rings. The number of carbonyl (C=O) groups is 1. The number of fused-ring (bicyclic) bond motifs is 3. The van der Waals surface area contributed by atoms with E-state index in [1.807, 2.05) is 12.1 Å². The van der Waals surface area contributed by atoms with Gasteiger partial charge in [0.25, 0.3) is 0 Å². The maximum absolute atomic E-state index is 13.3. The van der Waals surface area contributed by atoms with Crippen LogP contribution < -0.4 is 23.7 Å². The summed E-state index contributed by atoms with van der Waals surface area (Å²) in [5, 5.41) is 0. The summed E-state index contributed by atoms with van der Waals surface area (Å²) in [6.45, 7) is 2.88. The van der Waals surface area contributed by atoms with Crippen molar-refractivity contribution in [1.29, 1.82) is 0 Å². The highest BCUT2D eigenvalue weighted by molar-refractivity contribution is 6.10. The van der Waals surface area contributed by atoms with Gasteiger partial charge in [0.05, 0.1) is 33.9 Å². The van der Waals surface area contributed by atoms with Gasteiger partial charge in [0, 0.05) is 21.6 Å². The number of ether oxygens (including phenoxy) is 6. The van der Waals surface area contributed by atoms with Gasteiger partial charge in [0.15, 0.2) is 23.0 Å². The molecular weight excluding hydrogens is 440 g/mol. The van der Waals surface area contributed by atoms with Crippen LogP contribution in [0, 0.1) is 11.8 Å². The van der Waals surface area contributed by atoms with Crippen LogP contribution in [0.4, 0.5) is 0 Å². The summed E-state index contributed by atoms with van der Waals surface area (Å²) < 4.78 is 34.0. The second-order valence-corrected chi connectivity index (χ2v) is 9.71. The van der Waals surface area contributed by atoms with Crippen LogP contribution in [0.5, 0.6) is 28.7 Å². The zero-order chi connectivity index (χ0) is 23.3. The highest BCUT2D eigenvalue weighted by atomic mass is 28.1. The van der Waals surface area contributed by atoms with Crippen molar-refractivity contribution in [3.8, 4) is 28.7 Å². The van der Waals surface area contributed by atoms with Crippen LogP contribution in [0.2, 0.25) is 6.04 Å². The van der Waals surface area contributed by atoms with E-state index in [0.29, 0.717) is 23.9 Å². The van der Waals surface area contributed by atoms with Crippen molar-refractivity contribution in [1.82, 2.24) is 0 Å². The highest BCUT2D eigenvalue weighted by Gasteiger charge is 2.57. The van der Waals surface area contributed by atoms with Gasteiger partial charge in [0.1, 0.15) is 0 Å². The molecule has 2 heterocycles. The third-order valence-corrected chi connectivity index (χ3v) is 9.03. The number of methoxy groups -OCH3 is 3. The molecule has 2 aromatic rings. The molecule has 1 fully saturated rings. The smallest absolute Gasteiger partial charge is 0.310 e. The molecule has 0 saturated carbocycles.